The van der Waals surface area contributed by atoms with Gasteiger partial charge in [-0.3, -0.25) is 0 Å². The normalized spacial score (nSPS) is 24.1. The van der Waals surface area contributed by atoms with Crippen molar-refractivity contribution in [2.45, 2.75) is 45.4 Å². The van der Waals surface area contributed by atoms with Crippen molar-refractivity contribution in [2.24, 2.45) is 5.73 Å². The fourth-order valence-electron chi connectivity index (χ4n) is 1.61. The minimum Gasteiger partial charge on any atom is -0.444 e. The summed E-state index contributed by atoms with van der Waals surface area (Å²) in [5, 5.41) is 0. The van der Waals surface area contributed by atoms with E-state index in [0.717, 1.165) is 18.1 Å². The average Bonchev–Trinajstić information content (AvgIpc) is 2.15. The zero-order valence-electron chi connectivity index (χ0n) is 10.5. The molecule has 2 unspecified atom stereocenters. The lowest BCUT2D eigenvalue weighted by Crippen LogP contribution is -2.54. The zero-order chi connectivity index (χ0) is 12.3. The van der Waals surface area contributed by atoms with Crippen molar-refractivity contribution in [3.63, 3.8) is 0 Å². The number of rotatable bonds is 1. The Bertz CT molecular complexity index is 251. The molecular formula is C11H22N2O2S. The van der Waals surface area contributed by atoms with E-state index in [-0.39, 0.29) is 18.2 Å². The van der Waals surface area contributed by atoms with Gasteiger partial charge < -0.3 is 15.4 Å². The summed E-state index contributed by atoms with van der Waals surface area (Å²) in [5.41, 5.74) is 5.46. The van der Waals surface area contributed by atoms with Gasteiger partial charge in [0.05, 0.1) is 6.04 Å². The van der Waals surface area contributed by atoms with Crippen LogP contribution in [0.5, 0.6) is 0 Å². The van der Waals surface area contributed by atoms with Gasteiger partial charge in [-0.15, -0.1) is 0 Å². The number of amides is 1. The first-order valence-electron chi connectivity index (χ1n) is 5.64. The number of thioether (sulfide) groups is 1. The molecule has 1 heterocycles. The summed E-state index contributed by atoms with van der Waals surface area (Å²) in [6.07, 6.45) is -0.241. The number of ether oxygens (including phenoxy) is 1. The maximum Gasteiger partial charge on any atom is 0.410 e. The third kappa shape index (κ3) is 3.87. The van der Waals surface area contributed by atoms with Crippen molar-refractivity contribution in [3.8, 4) is 0 Å². The third-order valence-corrected chi connectivity index (χ3v) is 3.45. The second kappa shape index (κ2) is 5.27. The standard InChI is InChI=1S/C11H22N2O2S/c1-8(12)9-7-16-6-5-13(9)10(14)15-11(2,3)4/h8-9H,5-7,12H2,1-4H3. The van der Waals surface area contributed by atoms with Gasteiger partial charge in [-0.05, 0) is 27.7 Å². The molecule has 1 rings (SSSR count). The summed E-state index contributed by atoms with van der Waals surface area (Å²) in [6, 6.07) is 0.0777. The molecular weight excluding hydrogens is 224 g/mol. The Morgan fingerprint density at radius 3 is 2.69 bits per heavy atom. The molecule has 0 aliphatic carbocycles. The van der Waals surface area contributed by atoms with E-state index >= 15 is 0 Å². The molecule has 0 aromatic rings. The predicted molar refractivity (Wildman–Crippen MR) is 67.7 cm³/mol. The third-order valence-electron chi connectivity index (χ3n) is 2.40. The molecule has 1 aliphatic heterocycles. The Balaban J connectivity index is 2.64. The largest absolute Gasteiger partial charge is 0.444 e. The molecule has 2 atom stereocenters. The van der Waals surface area contributed by atoms with Crippen molar-refractivity contribution >= 4 is 17.9 Å². The van der Waals surface area contributed by atoms with Gasteiger partial charge in [-0.25, -0.2) is 4.79 Å². The van der Waals surface area contributed by atoms with E-state index < -0.39 is 5.60 Å². The summed E-state index contributed by atoms with van der Waals surface area (Å²) in [4.78, 5) is 13.7. The predicted octanol–water partition coefficient (Wildman–Crippen LogP) is 1.69. The van der Waals surface area contributed by atoms with Crippen molar-refractivity contribution in [1.29, 1.82) is 0 Å². The van der Waals surface area contributed by atoms with Crippen LogP contribution in [0.3, 0.4) is 0 Å². The lowest BCUT2D eigenvalue weighted by atomic mass is 10.1. The molecule has 2 N–H and O–H groups in total. The van der Waals surface area contributed by atoms with Crippen LogP contribution in [0.2, 0.25) is 0 Å². The van der Waals surface area contributed by atoms with Crippen molar-refractivity contribution in [2.75, 3.05) is 18.1 Å². The molecule has 0 aromatic heterocycles. The second-order valence-corrected chi connectivity index (χ2v) is 6.32. The van der Waals surface area contributed by atoms with Crippen molar-refractivity contribution in [3.05, 3.63) is 0 Å². The first kappa shape index (κ1) is 13.6. The van der Waals surface area contributed by atoms with Gasteiger partial charge in [-0.2, -0.15) is 11.8 Å². The molecule has 1 saturated heterocycles. The highest BCUT2D eigenvalue weighted by Crippen LogP contribution is 2.21. The van der Waals surface area contributed by atoms with E-state index in [2.05, 4.69) is 0 Å². The lowest BCUT2D eigenvalue weighted by Gasteiger charge is -2.38. The molecule has 0 aromatic carbocycles. The second-order valence-electron chi connectivity index (χ2n) is 5.18. The number of hydrogen-bond acceptors (Lipinski definition) is 4. The first-order valence-corrected chi connectivity index (χ1v) is 6.79. The van der Waals surface area contributed by atoms with Crippen LogP contribution in [-0.2, 0) is 4.74 Å². The average molecular weight is 246 g/mol. The van der Waals surface area contributed by atoms with Gasteiger partial charge in [0.25, 0.3) is 0 Å². The highest BCUT2D eigenvalue weighted by Gasteiger charge is 2.32. The Hall–Kier alpha value is -0.420. The van der Waals surface area contributed by atoms with Crippen LogP contribution >= 0.6 is 11.8 Å². The number of carbonyl (C=O) groups is 1. The molecule has 94 valence electrons. The minimum absolute atomic E-state index is 0.0136. The van der Waals surface area contributed by atoms with Crippen molar-refractivity contribution in [1.82, 2.24) is 4.90 Å². The number of hydrogen-bond donors (Lipinski definition) is 1. The summed E-state index contributed by atoms with van der Waals surface area (Å²) in [6.45, 7) is 8.30. The monoisotopic (exact) mass is 246 g/mol. The molecule has 0 radical (unpaired) electrons. The number of nitrogens with two attached hydrogens (primary N) is 1. The van der Waals surface area contributed by atoms with Crippen LogP contribution in [-0.4, -0.2) is 46.7 Å². The number of carbonyl (C=O) groups excluding carboxylic acids is 1. The molecule has 0 saturated carbocycles. The van der Waals surface area contributed by atoms with Gasteiger partial charge in [0.15, 0.2) is 0 Å². The molecule has 1 fully saturated rings. The Labute approximate surface area is 102 Å². The molecule has 0 spiro atoms. The van der Waals surface area contributed by atoms with Crippen LogP contribution in [0.25, 0.3) is 0 Å². The summed E-state index contributed by atoms with van der Waals surface area (Å²) in [5.74, 6) is 1.86. The highest BCUT2D eigenvalue weighted by molar-refractivity contribution is 7.99. The van der Waals surface area contributed by atoms with Gasteiger partial charge in [-0.1, -0.05) is 0 Å². The molecule has 16 heavy (non-hydrogen) atoms. The fourth-order valence-corrected chi connectivity index (χ4v) is 2.82. The minimum atomic E-state index is -0.440. The van der Waals surface area contributed by atoms with Gasteiger partial charge in [0.2, 0.25) is 0 Å². The topological polar surface area (TPSA) is 55.6 Å². The van der Waals surface area contributed by atoms with E-state index in [1.54, 1.807) is 4.90 Å². The maximum atomic E-state index is 12.0. The summed E-state index contributed by atoms with van der Waals surface area (Å²) < 4.78 is 5.38. The fraction of sp³-hybridized carbons (Fsp3) is 0.909. The molecule has 0 bridgehead atoms. The van der Waals surface area contributed by atoms with E-state index in [0.29, 0.717) is 0 Å². The zero-order valence-corrected chi connectivity index (χ0v) is 11.3. The highest BCUT2D eigenvalue weighted by atomic mass is 32.2. The molecule has 5 heteroatoms. The Kier molecular flexibility index (Phi) is 4.50. The van der Waals surface area contributed by atoms with Crippen LogP contribution in [0.4, 0.5) is 4.79 Å². The van der Waals surface area contributed by atoms with E-state index in [9.17, 15) is 4.79 Å². The Morgan fingerprint density at radius 2 is 2.19 bits per heavy atom. The maximum absolute atomic E-state index is 12.0. The van der Waals surface area contributed by atoms with Gasteiger partial charge >= 0.3 is 6.09 Å². The number of nitrogens with zero attached hydrogens (tertiary/aromatic N) is 1. The van der Waals surface area contributed by atoms with E-state index in [1.807, 2.05) is 39.5 Å². The SMILES string of the molecule is CC(N)C1CSCCN1C(=O)OC(C)(C)C. The van der Waals surface area contributed by atoms with Crippen LogP contribution in [0.15, 0.2) is 0 Å². The first-order chi connectivity index (χ1) is 7.31. The smallest absolute Gasteiger partial charge is 0.410 e. The van der Waals surface area contributed by atoms with Gasteiger partial charge in [0.1, 0.15) is 5.60 Å². The Morgan fingerprint density at radius 1 is 1.56 bits per heavy atom. The van der Waals surface area contributed by atoms with E-state index in [1.165, 1.54) is 0 Å². The van der Waals surface area contributed by atoms with Crippen molar-refractivity contribution < 1.29 is 9.53 Å². The summed E-state index contributed by atoms with van der Waals surface area (Å²) in [7, 11) is 0. The lowest BCUT2D eigenvalue weighted by molar-refractivity contribution is 0.0169. The van der Waals surface area contributed by atoms with Gasteiger partial charge in [0, 0.05) is 24.1 Å². The van der Waals surface area contributed by atoms with E-state index in [4.69, 9.17) is 10.5 Å². The molecule has 1 amide bonds. The van der Waals surface area contributed by atoms with Crippen LogP contribution in [0, 0.1) is 0 Å². The van der Waals surface area contributed by atoms with Crippen LogP contribution < -0.4 is 5.73 Å². The summed E-state index contributed by atoms with van der Waals surface area (Å²) >= 11 is 1.84. The van der Waals surface area contributed by atoms with Crippen LogP contribution in [0.1, 0.15) is 27.7 Å². The quantitative estimate of drug-likeness (QED) is 0.765. The molecule has 1 aliphatic rings. The molecule has 4 nitrogen and oxygen atoms in total.